The minimum Gasteiger partial charge on any atom is -0.369 e. The van der Waals surface area contributed by atoms with Crippen LogP contribution in [0.4, 0.5) is 17.6 Å². The first-order chi connectivity index (χ1) is 15.6. The zero-order valence-corrected chi connectivity index (χ0v) is 17.0. The molecule has 0 saturated carbocycles. The molecule has 9 nitrogen and oxygen atoms in total. The average molecular weight is 422 g/mol. The normalized spacial score (nSPS) is 11.5. The molecule has 32 heavy (non-hydrogen) atoms. The van der Waals surface area contributed by atoms with Crippen LogP contribution in [0.3, 0.4) is 0 Å². The third kappa shape index (κ3) is 2.72. The molecule has 6 aromatic rings. The molecule has 0 amide bonds. The number of H-pyrrole nitrogens is 2. The lowest BCUT2D eigenvalue weighted by Crippen LogP contribution is -2.10. The summed E-state index contributed by atoms with van der Waals surface area (Å²) in [6, 6.07) is 16.5. The fourth-order valence-corrected chi connectivity index (χ4v) is 4.13. The second-order valence-electron chi connectivity index (χ2n) is 7.60. The molecule has 0 bridgehead atoms. The lowest BCUT2D eigenvalue weighted by molar-refractivity contribution is 1.16. The van der Waals surface area contributed by atoms with Gasteiger partial charge in [0.1, 0.15) is 0 Å². The number of aromatic nitrogens is 6. The van der Waals surface area contributed by atoms with E-state index in [4.69, 9.17) is 5.73 Å². The number of benzene rings is 2. The van der Waals surface area contributed by atoms with Crippen molar-refractivity contribution in [2.45, 2.75) is 6.92 Å². The number of para-hydroxylation sites is 1. The first-order valence-corrected chi connectivity index (χ1v) is 10.1. The second kappa shape index (κ2) is 6.67. The van der Waals surface area contributed by atoms with Crippen LogP contribution in [0.15, 0.2) is 65.7 Å². The smallest absolute Gasteiger partial charge is 0.278 e. The molecule has 0 aliphatic heterocycles. The molecule has 0 aliphatic rings. The Morgan fingerprint density at radius 1 is 1.00 bits per heavy atom. The van der Waals surface area contributed by atoms with Crippen LogP contribution in [-0.4, -0.2) is 29.5 Å². The van der Waals surface area contributed by atoms with Gasteiger partial charge < -0.3 is 20.6 Å². The Morgan fingerprint density at radius 3 is 2.72 bits per heavy atom. The fraction of sp³-hybridized carbons (Fsp3) is 0.0435. The van der Waals surface area contributed by atoms with Gasteiger partial charge in [-0.05, 0) is 42.8 Å². The van der Waals surface area contributed by atoms with E-state index in [1.165, 1.54) is 5.39 Å². The molecule has 156 valence electrons. The summed E-state index contributed by atoms with van der Waals surface area (Å²) in [5.74, 6) is 0.447. The third-order valence-electron chi connectivity index (χ3n) is 5.58. The fourth-order valence-electron chi connectivity index (χ4n) is 4.13. The minimum atomic E-state index is -0.361. The van der Waals surface area contributed by atoms with Crippen molar-refractivity contribution in [1.29, 1.82) is 0 Å². The van der Waals surface area contributed by atoms with E-state index >= 15 is 0 Å². The van der Waals surface area contributed by atoms with E-state index in [1.807, 2.05) is 49.6 Å². The molecule has 0 aliphatic carbocycles. The van der Waals surface area contributed by atoms with Crippen molar-refractivity contribution in [3.8, 4) is 5.69 Å². The Morgan fingerprint density at radius 2 is 1.84 bits per heavy atom. The van der Waals surface area contributed by atoms with Crippen LogP contribution in [0.5, 0.6) is 0 Å². The van der Waals surface area contributed by atoms with Gasteiger partial charge in [0.05, 0.1) is 17.2 Å². The summed E-state index contributed by atoms with van der Waals surface area (Å²) in [6.07, 6.45) is 3.71. The molecule has 0 radical (unpaired) electrons. The monoisotopic (exact) mass is 422 g/mol. The Kier molecular flexibility index (Phi) is 3.78. The molecule has 4 aromatic heterocycles. The van der Waals surface area contributed by atoms with Crippen molar-refractivity contribution < 1.29 is 0 Å². The van der Waals surface area contributed by atoms with E-state index in [9.17, 15) is 4.79 Å². The first kappa shape index (κ1) is 18.1. The molecule has 0 atom stereocenters. The summed E-state index contributed by atoms with van der Waals surface area (Å²) in [5, 5.41) is 5.58. The van der Waals surface area contributed by atoms with Gasteiger partial charge in [-0.15, -0.1) is 0 Å². The number of anilines is 3. The summed E-state index contributed by atoms with van der Waals surface area (Å²) >= 11 is 0. The van der Waals surface area contributed by atoms with E-state index < -0.39 is 0 Å². The van der Waals surface area contributed by atoms with Crippen LogP contribution in [0.2, 0.25) is 0 Å². The van der Waals surface area contributed by atoms with Crippen LogP contribution >= 0.6 is 0 Å². The van der Waals surface area contributed by atoms with E-state index in [1.54, 1.807) is 0 Å². The quantitative estimate of drug-likeness (QED) is 0.343. The Balaban J connectivity index is 1.44. The highest BCUT2D eigenvalue weighted by atomic mass is 16.1. The molecule has 0 spiro atoms. The summed E-state index contributed by atoms with van der Waals surface area (Å²) in [6.45, 7) is 2.02. The topological polar surface area (TPSA) is 130 Å². The summed E-state index contributed by atoms with van der Waals surface area (Å²) < 4.78 is 2.21. The zero-order chi connectivity index (χ0) is 21.8. The van der Waals surface area contributed by atoms with Gasteiger partial charge in [0.15, 0.2) is 11.2 Å². The van der Waals surface area contributed by atoms with E-state index in [0.717, 1.165) is 33.4 Å². The number of imidazole rings is 1. The molecule has 0 fully saturated rings. The summed E-state index contributed by atoms with van der Waals surface area (Å²) in [4.78, 5) is 30.2. The van der Waals surface area contributed by atoms with Crippen LogP contribution in [-0.2, 0) is 0 Å². The molecule has 0 unspecified atom stereocenters. The van der Waals surface area contributed by atoms with Gasteiger partial charge in [0, 0.05) is 28.3 Å². The Labute approximate surface area is 181 Å². The SMILES string of the molecule is Cc1cc(-n2c3ccccc3c3ccncc32)ccc1Nc1nc2nc(N)[nH]c(=O)c2[nH]1. The predicted molar refractivity (Wildman–Crippen MR) is 126 cm³/mol. The maximum atomic E-state index is 12.0. The number of nitrogens with zero attached hydrogens (tertiary/aromatic N) is 4. The standard InChI is InChI=1S/C23H18N8O/c1-12-10-13(31-17-5-3-2-4-14(17)15-8-9-25-11-18(15)31)6-7-16(12)26-23-27-19-20(29-23)28-22(24)30-21(19)32/h2-11H,1H3,(H5,24,26,27,28,29,30,32). The van der Waals surface area contributed by atoms with Crippen molar-refractivity contribution in [2.24, 2.45) is 0 Å². The number of fused-ring (bicyclic) bond motifs is 4. The summed E-state index contributed by atoms with van der Waals surface area (Å²) in [7, 11) is 0. The van der Waals surface area contributed by atoms with E-state index in [2.05, 4.69) is 53.0 Å². The highest BCUT2D eigenvalue weighted by molar-refractivity contribution is 6.08. The number of hydrogen-bond donors (Lipinski definition) is 4. The highest BCUT2D eigenvalue weighted by Gasteiger charge is 2.14. The molecular weight excluding hydrogens is 404 g/mol. The highest BCUT2D eigenvalue weighted by Crippen LogP contribution is 2.32. The largest absolute Gasteiger partial charge is 0.369 e. The number of pyridine rings is 1. The molecule has 2 aromatic carbocycles. The number of rotatable bonds is 3. The van der Waals surface area contributed by atoms with Gasteiger partial charge in [-0.25, -0.2) is 0 Å². The molecule has 9 heteroatoms. The maximum absolute atomic E-state index is 12.0. The van der Waals surface area contributed by atoms with Crippen molar-refractivity contribution in [1.82, 2.24) is 29.5 Å². The van der Waals surface area contributed by atoms with Crippen LogP contribution in [0, 0.1) is 6.92 Å². The number of nitrogen functional groups attached to an aromatic ring is 1. The van der Waals surface area contributed by atoms with Gasteiger partial charge in [0.2, 0.25) is 11.9 Å². The second-order valence-corrected chi connectivity index (χ2v) is 7.60. The van der Waals surface area contributed by atoms with Crippen LogP contribution in [0.25, 0.3) is 38.7 Å². The molecule has 0 saturated heterocycles. The number of hydrogen-bond acceptors (Lipinski definition) is 6. The zero-order valence-electron chi connectivity index (χ0n) is 17.0. The van der Waals surface area contributed by atoms with Gasteiger partial charge in [-0.1, -0.05) is 18.2 Å². The van der Waals surface area contributed by atoms with Crippen LogP contribution in [0.1, 0.15) is 5.56 Å². The van der Waals surface area contributed by atoms with Gasteiger partial charge in [-0.2, -0.15) is 9.97 Å². The number of nitrogens with one attached hydrogen (secondary N) is 3. The molecule has 5 N–H and O–H groups in total. The lowest BCUT2D eigenvalue weighted by atomic mass is 10.1. The van der Waals surface area contributed by atoms with Crippen molar-refractivity contribution in [2.75, 3.05) is 11.1 Å². The lowest BCUT2D eigenvalue weighted by Gasteiger charge is -2.12. The first-order valence-electron chi connectivity index (χ1n) is 10.1. The molecule has 6 rings (SSSR count). The maximum Gasteiger partial charge on any atom is 0.278 e. The summed E-state index contributed by atoms with van der Waals surface area (Å²) in [5.41, 5.74) is 10.9. The predicted octanol–water partition coefficient (Wildman–Crippen LogP) is 3.77. The minimum absolute atomic E-state index is 0.0294. The van der Waals surface area contributed by atoms with Gasteiger partial charge in [-0.3, -0.25) is 14.8 Å². The Hall–Kier alpha value is -4.66. The van der Waals surface area contributed by atoms with Crippen LogP contribution < -0.4 is 16.6 Å². The van der Waals surface area contributed by atoms with E-state index in [-0.39, 0.29) is 22.7 Å². The van der Waals surface area contributed by atoms with Gasteiger partial charge in [0.25, 0.3) is 5.56 Å². The van der Waals surface area contributed by atoms with Crippen molar-refractivity contribution in [3.05, 3.63) is 76.8 Å². The third-order valence-corrected chi connectivity index (χ3v) is 5.58. The molecule has 4 heterocycles. The average Bonchev–Trinajstić information content (AvgIpc) is 3.34. The van der Waals surface area contributed by atoms with Gasteiger partial charge >= 0.3 is 0 Å². The number of aryl methyl sites for hydroxylation is 1. The van der Waals surface area contributed by atoms with E-state index in [0.29, 0.717) is 5.95 Å². The van der Waals surface area contributed by atoms with Crippen molar-refractivity contribution in [3.63, 3.8) is 0 Å². The van der Waals surface area contributed by atoms with Crippen molar-refractivity contribution >= 4 is 50.6 Å². The number of aromatic amines is 2. The number of nitrogens with two attached hydrogens (primary N) is 1. The molecular formula is C23H18N8O. The Bertz CT molecular complexity index is 1660.